The van der Waals surface area contributed by atoms with E-state index in [0.717, 1.165) is 27.5 Å². The minimum atomic E-state index is -0.218. The Bertz CT molecular complexity index is 891. The van der Waals surface area contributed by atoms with Crippen molar-refractivity contribution in [2.45, 2.75) is 37.4 Å². The fraction of sp³-hybridized carbons (Fsp3) is 0.238. The third-order valence-corrected chi connectivity index (χ3v) is 5.33. The Labute approximate surface area is 169 Å². The predicted octanol–water partition coefficient (Wildman–Crippen LogP) is 5.86. The molecule has 6 heteroatoms. The molecule has 0 fully saturated rings. The zero-order valence-electron chi connectivity index (χ0n) is 15.4. The first-order chi connectivity index (χ1) is 13.1. The van der Waals surface area contributed by atoms with Crippen molar-refractivity contribution in [1.29, 1.82) is 0 Å². The normalized spacial score (nSPS) is 12.0. The molecule has 27 heavy (non-hydrogen) atoms. The molecule has 1 atom stereocenters. The summed E-state index contributed by atoms with van der Waals surface area (Å²) in [5, 5.41) is 10.3. The molecule has 3 aromatic rings. The van der Waals surface area contributed by atoms with Crippen LogP contribution < -0.4 is 4.74 Å². The summed E-state index contributed by atoms with van der Waals surface area (Å²) in [7, 11) is 0. The molecule has 2 aromatic carbocycles. The Hall–Kier alpha value is -2.24. The van der Waals surface area contributed by atoms with E-state index in [0.29, 0.717) is 6.54 Å². The summed E-state index contributed by atoms with van der Waals surface area (Å²) in [5.74, 6) is 2.39. The van der Waals surface area contributed by atoms with E-state index < -0.39 is 0 Å². The highest BCUT2D eigenvalue weighted by atomic mass is 35.5. The van der Waals surface area contributed by atoms with Crippen molar-refractivity contribution >= 4 is 23.4 Å². The zero-order chi connectivity index (χ0) is 19.2. The van der Waals surface area contributed by atoms with Gasteiger partial charge in [0.15, 0.2) is 17.1 Å². The molecule has 0 saturated heterocycles. The first-order valence-electron chi connectivity index (χ1n) is 8.71. The molecule has 3 rings (SSSR count). The molecule has 0 radical (unpaired) electrons. The smallest absolute Gasteiger partial charge is 0.191 e. The Morgan fingerprint density at radius 2 is 1.85 bits per heavy atom. The number of hydrogen-bond acceptors (Lipinski definition) is 4. The molecule has 0 amide bonds. The lowest BCUT2D eigenvalue weighted by Crippen LogP contribution is -2.12. The van der Waals surface area contributed by atoms with E-state index in [1.807, 2.05) is 66.1 Å². The van der Waals surface area contributed by atoms with Crippen LogP contribution in [-0.4, -0.2) is 14.8 Å². The van der Waals surface area contributed by atoms with Gasteiger partial charge in [-0.05, 0) is 43.7 Å². The summed E-state index contributed by atoms with van der Waals surface area (Å²) in [6.45, 7) is 8.53. The van der Waals surface area contributed by atoms with E-state index in [1.165, 1.54) is 11.1 Å². The number of halogens is 1. The third-order valence-electron chi connectivity index (χ3n) is 4.04. The highest BCUT2D eigenvalue weighted by Gasteiger charge is 2.19. The highest BCUT2D eigenvalue weighted by molar-refractivity contribution is 7.98. The number of aryl methyl sites for hydroxylation is 1. The zero-order valence-corrected chi connectivity index (χ0v) is 17.0. The van der Waals surface area contributed by atoms with Gasteiger partial charge in [0.2, 0.25) is 0 Å². The fourth-order valence-corrected chi connectivity index (χ4v) is 3.65. The van der Waals surface area contributed by atoms with Gasteiger partial charge in [-0.15, -0.1) is 16.8 Å². The number of ether oxygens (including phenoxy) is 1. The van der Waals surface area contributed by atoms with E-state index in [1.54, 1.807) is 11.8 Å². The maximum Gasteiger partial charge on any atom is 0.191 e. The van der Waals surface area contributed by atoms with Crippen molar-refractivity contribution in [3.63, 3.8) is 0 Å². The van der Waals surface area contributed by atoms with Gasteiger partial charge >= 0.3 is 0 Å². The molecule has 0 N–H and O–H groups in total. The second kappa shape index (κ2) is 9.11. The highest BCUT2D eigenvalue weighted by Crippen LogP contribution is 2.27. The molecule has 1 heterocycles. The van der Waals surface area contributed by atoms with E-state index in [-0.39, 0.29) is 6.10 Å². The second-order valence-electron chi connectivity index (χ2n) is 6.23. The van der Waals surface area contributed by atoms with Gasteiger partial charge in [0.05, 0.1) is 0 Å². The van der Waals surface area contributed by atoms with Gasteiger partial charge < -0.3 is 4.74 Å². The SMILES string of the molecule is C=CCn1c(SCc2ccc(Cl)cc2)nnc1C(C)Oc1ccc(C)cc1. The fourth-order valence-electron chi connectivity index (χ4n) is 2.61. The van der Waals surface area contributed by atoms with Gasteiger partial charge in [-0.2, -0.15) is 0 Å². The first kappa shape index (κ1) is 19.5. The molecule has 0 spiro atoms. The van der Waals surface area contributed by atoms with Crippen LogP contribution in [0.2, 0.25) is 5.02 Å². The number of aromatic nitrogens is 3. The molecule has 0 aliphatic carbocycles. The maximum atomic E-state index is 6.05. The van der Waals surface area contributed by atoms with Gasteiger partial charge in [-0.1, -0.05) is 59.3 Å². The predicted molar refractivity (Wildman–Crippen MR) is 111 cm³/mol. The standard InChI is InChI=1S/C21H22ClN3OS/c1-4-13-25-20(16(3)26-19-11-5-15(2)6-12-19)23-24-21(25)27-14-17-7-9-18(22)10-8-17/h4-12,16H,1,13-14H2,2-3H3. The summed E-state index contributed by atoms with van der Waals surface area (Å²) in [6.07, 6.45) is 1.63. The Kier molecular flexibility index (Phi) is 6.58. The summed E-state index contributed by atoms with van der Waals surface area (Å²) in [6, 6.07) is 15.8. The van der Waals surface area contributed by atoms with Crippen LogP contribution in [-0.2, 0) is 12.3 Å². The van der Waals surface area contributed by atoms with Gasteiger partial charge in [0, 0.05) is 17.3 Å². The molecule has 1 aromatic heterocycles. The number of rotatable bonds is 8. The average molecular weight is 400 g/mol. The number of allylic oxidation sites excluding steroid dienone is 1. The van der Waals surface area contributed by atoms with E-state index in [4.69, 9.17) is 16.3 Å². The molecular formula is C21H22ClN3OS. The molecule has 0 aliphatic rings. The van der Waals surface area contributed by atoms with Crippen molar-refractivity contribution in [2.75, 3.05) is 0 Å². The summed E-state index contributed by atoms with van der Waals surface area (Å²) >= 11 is 7.59. The summed E-state index contributed by atoms with van der Waals surface area (Å²) in [5.41, 5.74) is 2.38. The molecular weight excluding hydrogens is 378 g/mol. The lowest BCUT2D eigenvalue weighted by atomic mass is 10.2. The molecule has 0 aliphatic heterocycles. The molecule has 0 bridgehead atoms. The summed E-state index contributed by atoms with van der Waals surface area (Å²) < 4.78 is 8.10. The average Bonchev–Trinajstić information content (AvgIpc) is 3.06. The van der Waals surface area contributed by atoms with Crippen LogP contribution in [0.1, 0.15) is 30.0 Å². The number of benzene rings is 2. The Balaban J connectivity index is 1.74. The maximum absolute atomic E-state index is 6.05. The number of hydrogen-bond donors (Lipinski definition) is 0. The topological polar surface area (TPSA) is 39.9 Å². The van der Waals surface area contributed by atoms with Crippen LogP contribution in [0, 0.1) is 6.92 Å². The van der Waals surface area contributed by atoms with Crippen LogP contribution in [0.25, 0.3) is 0 Å². The largest absolute Gasteiger partial charge is 0.483 e. The number of thioether (sulfide) groups is 1. The minimum Gasteiger partial charge on any atom is -0.483 e. The van der Waals surface area contributed by atoms with Crippen molar-refractivity contribution < 1.29 is 4.74 Å². The Morgan fingerprint density at radius 1 is 1.15 bits per heavy atom. The second-order valence-corrected chi connectivity index (χ2v) is 7.61. The molecule has 0 saturated carbocycles. The number of nitrogens with zero attached hydrogens (tertiary/aromatic N) is 3. The first-order valence-corrected chi connectivity index (χ1v) is 10.1. The quantitative estimate of drug-likeness (QED) is 0.351. The van der Waals surface area contributed by atoms with Crippen LogP contribution in [0.5, 0.6) is 5.75 Å². The van der Waals surface area contributed by atoms with E-state index in [9.17, 15) is 0 Å². The van der Waals surface area contributed by atoms with Crippen LogP contribution >= 0.6 is 23.4 Å². The third kappa shape index (κ3) is 5.15. The molecule has 140 valence electrons. The van der Waals surface area contributed by atoms with E-state index >= 15 is 0 Å². The van der Waals surface area contributed by atoms with Crippen molar-refractivity contribution in [3.05, 3.63) is 83.2 Å². The van der Waals surface area contributed by atoms with Gasteiger partial charge in [-0.3, -0.25) is 4.57 Å². The molecule has 1 unspecified atom stereocenters. The van der Waals surface area contributed by atoms with E-state index in [2.05, 4.69) is 23.7 Å². The lowest BCUT2D eigenvalue weighted by molar-refractivity contribution is 0.210. The van der Waals surface area contributed by atoms with Crippen molar-refractivity contribution in [1.82, 2.24) is 14.8 Å². The van der Waals surface area contributed by atoms with Crippen LogP contribution in [0.3, 0.4) is 0 Å². The Morgan fingerprint density at radius 3 is 2.52 bits per heavy atom. The van der Waals surface area contributed by atoms with Crippen molar-refractivity contribution in [3.8, 4) is 5.75 Å². The van der Waals surface area contributed by atoms with Gasteiger partial charge in [0.1, 0.15) is 5.75 Å². The van der Waals surface area contributed by atoms with Crippen molar-refractivity contribution in [2.24, 2.45) is 0 Å². The minimum absolute atomic E-state index is 0.218. The molecule has 4 nitrogen and oxygen atoms in total. The van der Waals surface area contributed by atoms with Crippen LogP contribution in [0.4, 0.5) is 0 Å². The lowest BCUT2D eigenvalue weighted by Gasteiger charge is -2.16. The van der Waals surface area contributed by atoms with Gasteiger partial charge in [0.25, 0.3) is 0 Å². The van der Waals surface area contributed by atoms with Gasteiger partial charge in [-0.25, -0.2) is 0 Å². The monoisotopic (exact) mass is 399 g/mol. The van der Waals surface area contributed by atoms with Crippen LogP contribution in [0.15, 0.2) is 66.3 Å². The summed E-state index contributed by atoms with van der Waals surface area (Å²) in [4.78, 5) is 0.